The van der Waals surface area contributed by atoms with Crippen molar-refractivity contribution in [1.29, 1.82) is 0 Å². The van der Waals surface area contributed by atoms with E-state index in [9.17, 15) is 0 Å². The van der Waals surface area contributed by atoms with Gasteiger partial charge in [0.05, 0.1) is 16.9 Å². The normalized spacial score (nSPS) is 18.4. The van der Waals surface area contributed by atoms with Crippen molar-refractivity contribution in [2.24, 2.45) is 16.1 Å². The number of hydrogen-bond donors (Lipinski definition) is 1. The fraction of sp³-hybridized carbons (Fsp3) is 0.140. The predicted molar refractivity (Wildman–Crippen MR) is 258 cm³/mol. The lowest BCUT2D eigenvalue weighted by molar-refractivity contribution is 0.507. The van der Waals surface area contributed by atoms with Crippen molar-refractivity contribution in [3.8, 4) is 22.3 Å². The molecular formula is C57H50N4. The van der Waals surface area contributed by atoms with Crippen LogP contribution in [-0.4, -0.2) is 16.6 Å². The van der Waals surface area contributed by atoms with Gasteiger partial charge in [-0.05, 0) is 98.3 Å². The first-order chi connectivity index (χ1) is 29.7. The maximum Gasteiger partial charge on any atom is 0.205 e. The molecule has 2 heterocycles. The number of nitrogens with two attached hydrogens (primary N) is 1. The van der Waals surface area contributed by atoms with Gasteiger partial charge in [0.25, 0.3) is 0 Å². The number of rotatable bonds is 7. The smallest absolute Gasteiger partial charge is 0.205 e. The Morgan fingerprint density at radius 1 is 0.738 bits per heavy atom. The van der Waals surface area contributed by atoms with Crippen LogP contribution in [0.2, 0.25) is 0 Å². The first-order valence-corrected chi connectivity index (χ1v) is 21.4. The minimum Gasteiger partial charge on any atom is -0.369 e. The molecule has 2 N–H and O–H groups in total. The van der Waals surface area contributed by atoms with E-state index in [-0.39, 0.29) is 23.3 Å². The van der Waals surface area contributed by atoms with Crippen molar-refractivity contribution in [3.05, 3.63) is 222 Å². The number of benzene rings is 6. The number of aliphatic imine (C=N–C) groups is 1. The van der Waals surface area contributed by atoms with Crippen LogP contribution in [0.3, 0.4) is 0 Å². The predicted octanol–water partition coefficient (Wildman–Crippen LogP) is 12.3. The van der Waals surface area contributed by atoms with E-state index >= 15 is 0 Å². The number of aromatic nitrogens is 1. The van der Waals surface area contributed by atoms with Gasteiger partial charge in [0, 0.05) is 40.0 Å². The Bertz CT molecular complexity index is 3080. The van der Waals surface area contributed by atoms with Crippen LogP contribution in [0.25, 0.3) is 50.9 Å². The summed E-state index contributed by atoms with van der Waals surface area (Å²) < 4.78 is 2.11. The van der Waals surface area contributed by atoms with Gasteiger partial charge in [-0.3, -0.25) is 4.57 Å². The molecule has 4 heteroatoms. The summed E-state index contributed by atoms with van der Waals surface area (Å²) in [7, 11) is 0. The van der Waals surface area contributed by atoms with Crippen molar-refractivity contribution < 1.29 is 0 Å². The van der Waals surface area contributed by atoms with E-state index in [0.29, 0.717) is 5.96 Å². The molecule has 0 saturated carbocycles. The topological polar surface area (TPSA) is 46.5 Å². The molecule has 0 saturated heterocycles. The van der Waals surface area contributed by atoms with Gasteiger partial charge in [-0.2, -0.15) is 0 Å². The highest BCUT2D eigenvalue weighted by atomic mass is 15.2. The summed E-state index contributed by atoms with van der Waals surface area (Å²) in [6.45, 7) is 11.1. The number of allylic oxidation sites excluding steroid dienone is 4. The van der Waals surface area contributed by atoms with Crippen molar-refractivity contribution in [3.63, 3.8) is 0 Å². The van der Waals surface area contributed by atoms with Crippen molar-refractivity contribution in [2.45, 2.75) is 45.1 Å². The second kappa shape index (κ2) is 15.5. The number of anilines is 2. The zero-order valence-electron chi connectivity index (χ0n) is 35.0. The van der Waals surface area contributed by atoms with E-state index in [1.165, 1.54) is 49.8 Å². The molecule has 4 nitrogen and oxygen atoms in total. The van der Waals surface area contributed by atoms with E-state index in [1.54, 1.807) is 0 Å². The number of nitrogens with zero attached hydrogens (tertiary/aromatic N) is 3. The van der Waals surface area contributed by atoms with Crippen LogP contribution in [0.4, 0.5) is 11.4 Å². The Morgan fingerprint density at radius 3 is 2.20 bits per heavy atom. The molecule has 1 aliphatic heterocycles. The van der Waals surface area contributed by atoms with Gasteiger partial charge in [0.15, 0.2) is 0 Å². The van der Waals surface area contributed by atoms with E-state index in [1.807, 2.05) is 18.3 Å². The van der Waals surface area contributed by atoms with E-state index in [4.69, 9.17) is 10.7 Å². The zero-order valence-corrected chi connectivity index (χ0v) is 35.0. The monoisotopic (exact) mass is 790 g/mol. The zero-order chi connectivity index (χ0) is 41.7. The summed E-state index contributed by atoms with van der Waals surface area (Å²) in [5.74, 6) is 0.915. The van der Waals surface area contributed by atoms with Crippen molar-refractivity contribution in [2.75, 3.05) is 4.90 Å². The standard InChI is InChI=1S/C57H50N4/c1-5-38(40-18-14-20-42(32-40)43-21-15-19-41(33-43)39-16-8-6-9-17-39)37-59-56(58)61-52-25-13-12-24-48(52)49-34-44(27-30-55(49)61)45-26-29-53-50(35-45)51-36-46(57(2,3)4)28-31-54(51)60(53)47-22-10-7-11-23-47/h5-26,28-37,44,51,54H,1,27H2,2-4H3,(H2,58,59)/b38-37+. The highest BCUT2D eigenvalue weighted by Crippen LogP contribution is 2.50. The highest BCUT2D eigenvalue weighted by Gasteiger charge is 2.39. The molecule has 3 atom stereocenters. The Hall–Kier alpha value is -7.17. The Labute approximate surface area is 359 Å². The average molecular weight is 791 g/mol. The van der Waals surface area contributed by atoms with Crippen LogP contribution in [0.5, 0.6) is 0 Å². The summed E-state index contributed by atoms with van der Waals surface area (Å²) in [4.78, 5) is 7.44. The fourth-order valence-electron chi connectivity index (χ4n) is 9.51. The third-order valence-electron chi connectivity index (χ3n) is 12.7. The van der Waals surface area contributed by atoms with Gasteiger partial charge in [-0.25, -0.2) is 4.99 Å². The van der Waals surface area contributed by atoms with Crippen LogP contribution in [0.15, 0.2) is 199 Å². The third-order valence-corrected chi connectivity index (χ3v) is 12.7. The Morgan fingerprint density at radius 2 is 1.43 bits per heavy atom. The van der Waals surface area contributed by atoms with Crippen molar-refractivity contribution in [1.82, 2.24) is 4.57 Å². The lowest BCUT2D eigenvalue weighted by Gasteiger charge is -2.32. The molecule has 0 fully saturated rings. The van der Waals surface area contributed by atoms with Crippen LogP contribution < -0.4 is 21.2 Å². The summed E-state index contributed by atoms with van der Waals surface area (Å²) in [6, 6.07) is 54.5. The third kappa shape index (κ3) is 6.98. The van der Waals surface area contributed by atoms with Gasteiger partial charge in [0.2, 0.25) is 5.96 Å². The minimum atomic E-state index is 0.0749. The maximum absolute atomic E-state index is 6.96. The number of para-hydroxylation sites is 2. The highest BCUT2D eigenvalue weighted by molar-refractivity contribution is 5.95. The molecule has 6 aromatic carbocycles. The number of hydrogen-bond acceptors (Lipinski definition) is 2. The fourth-order valence-corrected chi connectivity index (χ4v) is 9.51. The molecule has 10 rings (SSSR count). The molecule has 0 amide bonds. The van der Waals surface area contributed by atoms with Gasteiger partial charge >= 0.3 is 0 Å². The molecule has 298 valence electrons. The molecule has 0 bridgehead atoms. The van der Waals surface area contributed by atoms with E-state index in [0.717, 1.165) is 39.6 Å². The SMILES string of the molecule is C=C/C(=C\N=C(/N)n1c2c(c3ccccc31)=CC(c1ccc3c(c1)C1C=C(C(C)(C)C)C=CC1N3c1ccccc1)CC=2)c1cccc(-c2cccc(-c3ccccc3)c2)c1. The van der Waals surface area contributed by atoms with Gasteiger partial charge < -0.3 is 10.6 Å². The maximum atomic E-state index is 6.96. The van der Waals surface area contributed by atoms with Crippen LogP contribution in [-0.2, 0) is 0 Å². The molecule has 1 aromatic heterocycles. The lowest BCUT2D eigenvalue weighted by Crippen LogP contribution is -2.38. The lowest BCUT2D eigenvalue weighted by atomic mass is 9.78. The summed E-state index contributed by atoms with van der Waals surface area (Å²) in [5.41, 5.74) is 21.3. The number of fused-ring (bicyclic) bond motifs is 6. The molecular weight excluding hydrogens is 741 g/mol. The van der Waals surface area contributed by atoms with Crippen LogP contribution >= 0.6 is 0 Å². The Kier molecular flexibility index (Phi) is 9.64. The quantitative estimate of drug-likeness (QED) is 0.0993. The first-order valence-electron chi connectivity index (χ1n) is 21.4. The van der Waals surface area contributed by atoms with E-state index in [2.05, 4.69) is 213 Å². The molecule has 0 spiro atoms. The van der Waals surface area contributed by atoms with Gasteiger partial charge in [0.1, 0.15) is 0 Å². The molecule has 3 aliphatic rings. The molecule has 3 unspecified atom stereocenters. The van der Waals surface area contributed by atoms with Crippen LogP contribution in [0, 0.1) is 5.41 Å². The average Bonchev–Trinajstić information content (AvgIpc) is 3.81. The molecule has 0 radical (unpaired) electrons. The van der Waals surface area contributed by atoms with Gasteiger partial charge in [-0.15, -0.1) is 0 Å². The van der Waals surface area contributed by atoms with E-state index < -0.39 is 0 Å². The largest absolute Gasteiger partial charge is 0.369 e. The second-order valence-corrected chi connectivity index (χ2v) is 17.4. The van der Waals surface area contributed by atoms with Gasteiger partial charge in [-0.1, -0.05) is 179 Å². The summed E-state index contributed by atoms with van der Waals surface area (Å²) >= 11 is 0. The minimum absolute atomic E-state index is 0.0749. The first kappa shape index (κ1) is 38.1. The van der Waals surface area contributed by atoms with Crippen molar-refractivity contribution >= 4 is 46.0 Å². The molecule has 7 aromatic rings. The molecule has 61 heavy (non-hydrogen) atoms. The Balaban J connectivity index is 0.992. The van der Waals surface area contributed by atoms with Crippen LogP contribution in [0.1, 0.15) is 55.7 Å². The summed E-state index contributed by atoms with van der Waals surface area (Å²) in [6.07, 6.45) is 16.6. The molecule has 2 aliphatic carbocycles. The second-order valence-electron chi connectivity index (χ2n) is 17.4. The summed E-state index contributed by atoms with van der Waals surface area (Å²) in [5, 5.41) is 3.45.